The lowest BCUT2D eigenvalue weighted by Crippen LogP contribution is -2.46. The fourth-order valence-electron chi connectivity index (χ4n) is 5.79. The number of rotatable bonds is 10. The van der Waals surface area contributed by atoms with Gasteiger partial charge in [0.2, 0.25) is 11.8 Å². The summed E-state index contributed by atoms with van der Waals surface area (Å²) in [4.78, 5) is 30.5. The Morgan fingerprint density at radius 2 is 1.91 bits per heavy atom. The van der Waals surface area contributed by atoms with Crippen molar-refractivity contribution >= 4 is 11.8 Å². The van der Waals surface area contributed by atoms with Gasteiger partial charge in [-0.1, -0.05) is 62.4 Å². The summed E-state index contributed by atoms with van der Waals surface area (Å²) in [7, 11) is 2.06. The third-order valence-electron chi connectivity index (χ3n) is 7.98. The van der Waals surface area contributed by atoms with Gasteiger partial charge in [-0.15, -0.1) is 0 Å². The van der Waals surface area contributed by atoms with Gasteiger partial charge in [0.15, 0.2) is 0 Å². The molecule has 1 N–H and O–H groups in total. The molecule has 7 nitrogen and oxygen atoms in total. The van der Waals surface area contributed by atoms with Gasteiger partial charge < -0.3 is 19.9 Å². The summed E-state index contributed by atoms with van der Waals surface area (Å²) in [6.45, 7) is 3.86. The number of hydrogen-bond donors (Lipinski definition) is 1. The molecule has 190 valence electrons. The van der Waals surface area contributed by atoms with E-state index in [4.69, 9.17) is 4.74 Å². The number of benzene rings is 1. The Hall–Kier alpha value is -2.43. The van der Waals surface area contributed by atoms with Crippen LogP contribution in [-0.4, -0.2) is 67.0 Å². The number of morpholine rings is 1. The Bertz CT molecular complexity index is 889. The summed E-state index contributed by atoms with van der Waals surface area (Å²) in [6, 6.07) is 12.7. The van der Waals surface area contributed by atoms with E-state index >= 15 is 0 Å². The van der Waals surface area contributed by atoms with Crippen LogP contribution in [0.2, 0.25) is 0 Å². The first kappa shape index (κ1) is 25.7. The van der Waals surface area contributed by atoms with Crippen molar-refractivity contribution in [3.63, 3.8) is 0 Å². The molecule has 0 unspecified atom stereocenters. The highest BCUT2D eigenvalue weighted by atomic mass is 16.5. The first-order valence-corrected chi connectivity index (χ1v) is 13.3. The van der Waals surface area contributed by atoms with Crippen molar-refractivity contribution in [3.05, 3.63) is 35.9 Å². The average molecular weight is 481 g/mol. The van der Waals surface area contributed by atoms with Crippen LogP contribution in [0, 0.1) is 29.1 Å². The molecule has 2 aliphatic carbocycles. The first-order valence-electron chi connectivity index (χ1n) is 13.3. The lowest BCUT2D eigenvalue weighted by Gasteiger charge is -2.30. The normalized spacial score (nSPS) is 25.6. The average Bonchev–Trinajstić information content (AvgIpc) is 3.56. The van der Waals surface area contributed by atoms with E-state index in [0.29, 0.717) is 38.6 Å². The van der Waals surface area contributed by atoms with E-state index in [1.807, 2.05) is 23.1 Å². The summed E-state index contributed by atoms with van der Waals surface area (Å²) in [5, 5.41) is 13.1. The zero-order chi connectivity index (χ0) is 24.7. The van der Waals surface area contributed by atoms with Crippen molar-refractivity contribution in [2.45, 2.75) is 63.5 Å². The minimum atomic E-state index is -0.811. The molecule has 4 rings (SSSR count). The largest absolute Gasteiger partial charge is 0.378 e. The van der Waals surface area contributed by atoms with Gasteiger partial charge in [0, 0.05) is 44.4 Å². The predicted molar refractivity (Wildman–Crippen MR) is 134 cm³/mol. The number of hydrogen-bond acceptors (Lipinski definition) is 5. The van der Waals surface area contributed by atoms with Gasteiger partial charge in [-0.2, -0.15) is 5.26 Å². The van der Waals surface area contributed by atoms with E-state index in [2.05, 4.69) is 35.5 Å². The van der Waals surface area contributed by atoms with Crippen molar-refractivity contribution in [1.82, 2.24) is 15.1 Å². The van der Waals surface area contributed by atoms with E-state index in [0.717, 1.165) is 32.4 Å². The molecule has 35 heavy (non-hydrogen) atoms. The summed E-state index contributed by atoms with van der Waals surface area (Å²) in [5.74, 6) is 0.136. The molecule has 0 bridgehead atoms. The van der Waals surface area contributed by atoms with Gasteiger partial charge in [0.1, 0.15) is 5.54 Å². The molecular weight excluding hydrogens is 440 g/mol. The van der Waals surface area contributed by atoms with Gasteiger partial charge in [0.25, 0.3) is 0 Å². The zero-order valence-electron chi connectivity index (χ0n) is 21.1. The van der Waals surface area contributed by atoms with Crippen molar-refractivity contribution < 1.29 is 14.3 Å². The summed E-state index contributed by atoms with van der Waals surface area (Å²) < 4.78 is 5.38. The Labute approximate surface area is 209 Å². The molecule has 0 aromatic heterocycles. The first-order chi connectivity index (χ1) is 17.0. The maximum Gasteiger partial charge on any atom is 0.224 e. The minimum absolute atomic E-state index is 0.0326. The molecule has 1 aliphatic heterocycles. The number of nitriles is 1. The number of ether oxygens (including phenoxy) is 1. The predicted octanol–water partition coefficient (Wildman–Crippen LogP) is 3.35. The van der Waals surface area contributed by atoms with Crippen LogP contribution in [0.4, 0.5) is 0 Å². The molecule has 1 aromatic carbocycles. The highest BCUT2D eigenvalue weighted by molar-refractivity contribution is 5.87. The third-order valence-corrected chi connectivity index (χ3v) is 7.98. The van der Waals surface area contributed by atoms with Gasteiger partial charge in [-0.3, -0.25) is 9.59 Å². The maximum absolute atomic E-state index is 13.5. The zero-order valence-corrected chi connectivity index (χ0v) is 21.1. The van der Waals surface area contributed by atoms with Crippen LogP contribution in [0.3, 0.4) is 0 Å². The van der Waals surface area contributed by atoms with E-state index < -0.39 is 5.54 Å². The molecule has 3 atom stereocenters. The number of carbonyl (C=O) groups is 2. The fraction of sp³-hybridized carbons (Fsp3) is 0.679. The summed E-state index contributed by atoms with van der Waals surface area (Å²) >= 11 is 0. The Balaban J connectivity index is 1.36. The number of amides is 2. The highest BCUT2D eigenvalue weighted by Gasteiger charge is 2.56. The van der Waals surface area contributed by atoms with E-state index in [9.17, 15) is 14.9 Å². The van der Waals surface area contributed by atoms with Crippen molar-refractivity contribution in [2.75, 3.05) is 39.9 Å². The second-order valence-corrected chi connectivity index (χ2v) is 10.8. The second-order valence-electron chi connectivity index (χ2n) is 10.8. The SMILES string of the molecule is CN(Cc1ccccc1)C[C@@H]1C[C@]1(C#N)NC(=O)[C@@H](CC(=O)N1CCOCC1)CC1CCCCC1. The second kappa shape index (κ2) is 12.0. The van der Waals surface area contributed by atoms with Crippen LogP contribution in [0.15, 0.2) is 30.3 Å². The highest BCUT2D eigenvalue weighted by Crippen LogP contribution is 2.44. The van der Waals surface area contributed by atoms with Crippen LogP contribution in [0.5, 0.6) is 0 Å². The quantitative estimate of drug-likeness (QED) is 0.555. The van der Waals surface area contributed by atoms with Crippen LogP contribution in [-0.2, 0) is 20.9 Å². The van der Waals surface area contributed by atoms with E-state index in [1.165, 1.54) is 24.8 Å². The van der Waals surface area contributed by atoms with Crippen LogP contribution in [0.25, 0.3) is 0 Å². The summed E-state index contributed by atoms with van der Waals surface area (Å²) in [5.41, 5.74) is 0.422. The number of nitrogens with one attached hydrogen (secondary N) is 1. The number of carbonyl (C=O) groups excluding carboxylic acids is 2. The van der Waals surface area contributed by atoms with Gasteiger partial charge >= 0.3 is 0 Å². The Morgan fingerprint density at radius 1 is 1.20 bits per heavy atom. The molecule has 0 spiro atoms. The van der Waals surface area contributed by atoms with Gasteiger partial charge in [-0.25, -0.2) is 0 Å². The van der Waals surface area contributed by atoms with Crippen LogP contribution < -0.4 is 5.32 Å². The lowest BCUT2D eigenvalue weighted by atomic mass is 9.81. The fourth-order valence-corrected chi connectivity index (χ4v) is 5.79. The molecular formula is C28H40N4O3. The number of nitrogens with zero attached hydrogens (tertiary/aromatic N) is 3. The lowest BCUT2D eigenvalue weighted by molar-refractivity contribution is -0.140. The van der Waals surface area contributed by atoms with Crippen LogP contribution in [0.1, 0.15) is 56.9 Å². The minimum Gasteiger partial charge on any atom is -0.378 e. The Morgan fingerprint density at radius 3 is 2.60 bits per heavy atom. The standard InChI is InChI=1S/C28H40N4O3/c1-31(19-23-10-6-3-7-11-23)20-25-18-28(25,21-29)30-27(34)24(16-22-8-4-2-5-9-22)17-26(33)32-12-14-35-15-13-32/h3,6-7,10-11,22,24-25H,2,4-5,8-9,12-20H2,1H3,(H,30,34)/t24-,25+,28-/m1/s1. The van der Waals surface area contributed by atoms with Gasteiger partial charge in [-0.05, 0) is 31.4 Å². The molecule has 1 heterocycles. The third kappa shape index (κ3) is 7.05. The smallest absolute Gasteiger partial charge is 0.224 e. The molecule has 2 amide bonds. The molecule has 3 fully saturated rings. The molecule has 0 radical (unpaired) electrons. The molecule has 1 aromatic rings. The monoisotopic (exact) mass is 480 g/mol. The molecule has 3 aliphatic rings. The van der Waals surface area contributed by atoms with Crippen molar-refractivity contribution in [1.29, 1.82) is 5.26 Å². The molecule has 2 saturated carbocycles. The van der Waals surface area contributed by atoms with E-state index in [-0.39, 0.29) is 30.1 Å². The van der Waals surface area contributed by atoms with Crippen LogP contribution >= 0.6 is 0 Å². The van der Waals surface area contributed by atoms with Crippen molar-refractivity contribution in [3.8, 4) is 6.07 Å². The Kier molecular flexibility index (Phi) is 8.80. The summed E-state index contributed by atoms with van der Waals surface area (Å²) in [6.07, 6.45) is 7.56. The molecule has 7 heteroatoms. The van der Waals surface area contributed by atoms with E-state index in [1.54, 1.807) is 0 Å². The topological polar surface area (TPSA) is 85.7 Å². The van der Waals surface area contributed by atoms with Crippen molar-refractivity contribution in [2.24, 2.45) is 17.8 Å². The maximum atomic E-state index is 13.5. The van der Waals surface area contributed by atoms with Gasteiger partial charge in [0.05, 0.1) is 19.3 Å². The molecule has 1 saturated heterocycles.